The van der Waals surface area contributed by atoms with Crippen LogP contribution in [0.1, 0.15) is 11.1 Å². The van der Waals surface area contributed by atoms with E-state index in [9.17, 15) is 0 Å². The summed E-state index contributed by atoms with van der Waals surface area (Å²) in [5, 5.41) is 0.700. The van der Waals surface area contributed by atoms with Gasteiger partial charge in [0, 0.05) is 16.3 Å². The van der Waals surface area contributed by atoms with Crippen LogP contribution in [0.15, 0.2) is 36.4 Å². The molecule has 0 amide bonds. The van der Waals surface area contributed by atoms with Gasteiger partial charge in [0.15, 0.2) is 0 Å². The van der Waals surface area contributed by atoms with Crippen LogP contribution in [0.2, 0.25) is 5.02 Å². The van der Waals surface area contributed by atoms with E-state index < -0.39 is 0 Å². The molecular formula is C15H16ClNO2. The highest BCUT2D eigenvalue weighted by atomic mass is 35.5. The van der Waals surface area contributed by atoms with Crippen LogP contribution in [-0.2, 0) is 6.61 Å². The lowest BCUT2D eigenvalue weighted by Crippen LogP contribution is -2.01. The van der Waals surface area contributed by atoms with Crippen molar-refractivity contribution in [3.05, 3.63) is 52.5 Å². The second-order valence-electron chi connectivity index (χ2n) is 4.27. The van der Waals surface area contributed by atoms with Gasteiger partial charge in [-0.05, 0) is 48.9 Å². The molecule has 0 spiro atoms. The Morgan fingerprint density at radius 1 is 1.11 bits per heavy atom. The first-order chi connectivity index (χ1) is 9.10. The number of aryl methyl sites for hydroxylation is 1. The molecule has 3 nitrogen and oxygen atoms in total. The van der Waals surface area contributed by atoms with Crippen LogP contribution in [0.3, 0.4) is 0 Å². The molecule has 0 radical (unpaired) electrons. The van der Waals surface area contributed by atoms with Crippen molar-refractivity contribution in [2.45, 2.75) is 13.5 Å². The fraction of sp³-hybridized carbons (Fsp3) is 0.200. The van der Waals surface area contributed by atoms with Crippen LogP contribution in [0.5, 0.6) is 11.5 Å². The van der Waals surface area contributed by atoms with Gasteiger partial charge in [-0.1, -0.05) is 11.6 Å². The lowest BCUT2D eigenvalue weighted by atomic mass is 10.2. The predicted molar refractivity (Wildman–Crippen MR) is 77.9 cm³/mol. The molecule has 0 saturated heterocycles. The predicted octanol–water partition coefficient (Wildman–Crippen LogP) is 3.82. The molecule has 0 saturated carbocycles. The second-order valence-corrected chi connectivity index (χ2v) is 4.71. The largest absolute Gasteiger partial charge is 0.496 e. The molecule has 0 bridgehead atoms. The summed E-state index contributed by atoms with van der Waals surface area (Å²) in [5.74, 6) is 1.56. The number of rotatable bonds is 4. The first-order valence-corrected chi connectivity index (χ1v) is 6.29. The molecule has 0 aliphatic carbocycles. The smallest absolute Gasteiger partial charge is 0.125 e. The van der Waals surface area contributed by atoms with Crippen molar-refractivity contribution in [2.24, 2.45) is 0 Å². The minimum Gasteiger partial charge on any atom is -0.496 e. The fourth-order valence-electron chi connectivity index (χ4n) is 1.84. The molecule has 0 aliphatic rings. The van der Waals surface area contributed by atoms with Crippen molar-refractivity contribution in [2.75, 3.05) is 12.8 Å². The number of anilines is 1. The van der Waals surface area contributed by atoms with Gasteiger partial charge in [0.25, 0.3) is 0 Å². The van der Waals surface area contributed by atoms with E-state index in [0.717, 1.165) is 22.6 Å². The van der Waals surface area contributed by atoms with Crippen molar-refractivity contribution < 1.29 is 9.47 Å². The molecule has 0 atom stereocenters. The Balaban J connectivity index is 2.16. The SMILES string of the molecule is COc1ccc(N)cc1COc1ccc(Cl)cc1C. The number of hydrogen-bond acceptors (Lipinski definition) is 3. The Kier molecular flexibility index (Phi) is 4.17. The summed E-state index contributed by atoms with van der Waals surface area (Å²) in [4.78, 5) is 0. The molecule has 2 rings (SSSR count). The fourth-order valence-corrected chi connectivity index (χ4v) is 2.07. The van der Waals surface area contributed by atoms with E-state index in [-0.39, 0.29) is 0 Å². The lowest BCUT2D eigenvalue weighted by molar-refractivity contribution is 0.295. The van der Waals surface area contributed by atoms with Gasteiger partial charge in [-0.2, -0.15) is 0 Å². The number of benzene rings is 2. The van der Waals surface area contributed by atoms with Gasteiger partial charge in [-0.15, -0.1) is 0 Å². The van der Waals surface area contributed by atoms with Gasteiger partial charge < -0.3 is 15.2 Å². The van der Waals surface area contributed by atoms with Gasteiger partial charge in [0.1, 0.15) is 18.1 Å². The monoisotopic (exact) mass is 277 g/mol. The highest BCUT2D eigenvalue weighted by Crippen LogP contribution is 2.26. The number of nitrogens with two attached hydrogens (primary N) is 1. The summed E-state index contributed by atoms with van der Waals surface area (Å²) in [7, 11) is 1.63. The number of ether oxygens (including phenoxy) is 2. The van der Waals surface area contributed by atoms with Crippen molar-refractivity contribution >= 4 is 17.3 Å². The molecule has 2 N–H and O–H groups in total. The number of hydrogen-bond donors (Lipinski definition) is 1. The van der Waals surface area contributed by atoms with E-state index in [4.69, 9.17) is 26.8 Å². The summed E-state index contributed by atoms with van der Waals surface area (Å²) in [6.07, 6.45) is 0. The molecule has 0 fully saturated rings. The number of methoxy groups -OCH3 is 1. The summed E-state index contributed by atoms with van der Waals surface area (Å²) in [5.41, 5.74) is 8.37. The van der Waals surface area contributed by atoms with Crippen molar-refractivity contribution in [1.82, 2.24) is 0 Å². The standard InChI is InChI=1S/C15H16ClNO2/c1-10-7-12(16)3-5-14(10)19-9-11-8-13(17)4-6-15(11)18-2/h3-8H,9,17H2,1-2H3. The van der Waals surface area contributed by atoms with Gasteiger partial charge in [0.2, 0.25) is 0 Å². The molecular weight excluding hydrogens is 262 g/mol. The van der Waals surface area contributed by atoms with Gasteiger partial charge in [-0.25, -0.2) is 0 Å². The third-order valence-corrected chi connectivity index (χ3v) is 3.06. The normalized spacial score (nSPS) is 10.3. The number of halogens is 1. The molecule has 0 heterocycles. The van der Waals surface area contributed by atoms with Crippen LogP contribution >= 0.6 is 11.6 Å². The molecule has 2 aromatic carbocycles. The molecule has 100 valence electrons. The van der Waals surface area contributed by atoms with Crippen molar-refractivity contribution in [3.63, 3.8) is 0 Å². The summed E-state index contributed by atoms with van der Waals surface area (Å²) in [6.45, 7) is 2.36. The van der Waals surface area contributed by atoms with Gasteiger partial charge in [-0.3, -0.25) is 0 Å². The van der Waals surface area contributed by atoms with Crippen LogP contribution < -0.4 is 15.2 Å². The summed E-state index contributed by atoms with van der Waals surface area (Å²) in [6, 6.07) is 11.0. The zero-order chi connectivity index (χ0) is 13.8. The highest BCUT2D eigenvalue weighted by Gasteiger charge is 2.06. The molecule has 0 aliphatic heterocycles. The molecule has 4 heteroatoms. The maximum atomic E-state index is 5.91. The molecule has 0 aromatic heterocycles. The highest BCUT2D eigenvalue weighted by molar-refractivity contribution is 6.30. The maximum Gasteiger partial charge on any atom is 0.125 e. The Bertz CT molecular complexity index is 584. The van der Waals surface area contributed by atoms with E-state index in [1.165, 1.54) is 0 Å². The van der Waals surface area contributed by atoms with E-state index in [0.29, 0.717) is 17.3 Å². The quantitative estimate of drug-likeness (QED) is 0.864. The second kappa shape index (κ2) is 5.85. The average molecular weight is 278 g/mol. The molecule has 19 heavy (non-hydrogen) atoms. The zero-order valence-corrected chi connectivity index (χ0v) is 11.7. The third-order valence-electron chi connectivity index (χ3n) is 2.82. The zero-order valence-electron chi connectivity index (χ0n) is 10.9. The van der Waals surface area contributed by atoms with E-state index in [1.807, 2.05) is 31.2 Å². The van der Waals surface area contributed by atoms with Gasteiger partial charge >= 0.3 is 0 Å². The average Bonchev–Trinajstić information content (AvgIpc) is 2.38. The lowest BCUT2D eigenvalue weighted by Gasteiger charge is -2.12. The first kappa shape index (κ1) is 13.6. The molecule has 2 aromatic rings. The summed E-state index contributed by atoms with van der Waals surface area (Å²) < 4.78 is 11.1. The Labute approximate surface area is 117 Å². The van der Waals surface area contributed by atoms with E-state index >= 15 is 0 Å². The van der Waals surface area contributed by atoms with Crippen LogP contribution in [0, 0.1) is 6.92 Å². The minimum absolute atomic E-state index is 0.399. The van der Waals surface area contributed by atoms with Crippen LogP contribution in [0.25, 0.3) is 0 Å². The van der Waals surface area contributed by atoms with Crippen LogP contribution in [0.4, 0.5) is 5.69 Å². The molecule has 0 unspecified atom stereocenters. The third kappa shape index (κ3) is 3.32. The Morgan fingerprint density at radius 3 is 2.53 bits per heavy atom. The minimum atomic E-state index is 0.399. The Hall–Kier alpha value is -1.87. The van der Waals surface area contributed by atoms with E-state index in [1.54, 1.807) is 19.2 Å². The Morgan fingerprint density at radius 2 is 1.84 bits per heavy atom. The van der Waals surface area contributed by atoms with Crippen molar-refractivity contribution in [1.29, 1.82) is 0 Å². The topological polar surface area (TPSA) is 44.5 Å². The van der Waals surface area contributed by atoms with Gasteiger partial charge in [0.05, 0.1) is 7.11 Å². The van der Waals surface area contributed by atoms with Crippen LogP contribution in [-0.4, -0.2) is 7.11 Å². The van der Waals surface area contributed by atoms with Crippen molar-refractivity contribution in [3.8, 4) is 11.5 Å². The van der Waals surface area contributed by atoms with E-state index in [2.05, 4.69) is 0 Å². The number of nitrogen functional groups attached to an aromatic ring is 1. The maximum absolute atomic E-state index is 5.91. The first-order valence-electron chi connectivity index (χ1n) is 5.91. The summed E-state index contributed by atoms with van der Waals surface area (Å²) >= 11 is 5.91.